The molecule has 0 aliphatic rings. The van der Waals surface area contributed by atoms with E-state index in [9.17, 15) is 4.79 Å². The summed E-state index contributed by atoms with van der Waals surface area (Å²) < 4.78 is 5.29. The molecule has 2 aromatic carbocycles. The Morgan fingerprint density at radius 1 is 1.09 bits per heavy atom. The molecule has 0 heterocycles. The monoisotopic (exact) mass is 298 g/mol. The van der Waals surface area contributed by atoms with Crippen molar-refractivity contribution >= 4 is 17.3 Å². The molecule has 0 saturated heterocycles. The minimum Gasteiger partial charge on any atom is -0.495 e. The van der Waals surface area contributed by atoms with Crippen LogP contribution in [0.25, 0.3) is 0 Å². The Morgan fingerprint density at radius 3 is 2.59 bits per heavy atom. The van der Waals surface area contributed by atoms with Gasteiger partial charge in [-0.15, -0.1) is 0 Å². The standard InChI is InChI=1S/C18H22N2O2/c1-12-8-9-17(22-4)16(10-12)19-11-18(21)20-15-7-5-6-13(2)14(15)3/h5-10,19H,11H2,1-4H3,(H,20,21). The van der Waals surface area contributed by atoms with E-state index in [0.29, 0.717) is 0 Å². The number of carbonyl (C=O) groups is 1. The first-order valence-corrected chi connectivity index (χ1v) is 7.26. The number of nitrogens with one attached hydrogen (secondary N) is 2. The van der Waals surface area contributed by atoms with Gasteiger partial charge in [0.15, 0.2) is 0 Å². The summed E-state index contributed by atoms with van der Waals surface area (Å²) in [5.41, 5.74) is 5.02. The topological polar surface area (TPSA) is 50.4 Å². The molecule has 2 N–H and O–H groups in total. The van der Waals surface area contributed by atoms with E-state index in [4.69, 9.17) is 4.74 Å². The van der Waals surface area contributed by atoms with E-state index >= 15 is 0 Å². The minimum atomic E-state index is -0.0859. The molecule has 0 radical (unpaired) electrons. The zero-order chi connectivity index (χ0) is 16.1. The molecule has 4 nitrogen and oxygen atoms in total. The first-order valence-electron chi connectivity index (χ1n) is 7.26. The van der Waals surface area contributed by atoms with Gasteiger partial charge in [0.25, 0.3) is 0 Å². The van der Waals surface area contributed by atoms with Gasteiger partial charge in [-0.2, -0.15) is 0 Å². The number of hydrogen-bond acceptors (Lipinski definition) is 3. The van der Waals surface area contributed by atoms with Gasteiger partial charge in [-0.05, 0) is 55.7 Å². The number of carbonyl (C=O) groups excluding carboxylic acids is 1. The third kappa shape index (κ3) is 3.79. The number of amides is 1. The number of aryl methyl sites for hydroxylation is 2. The lowest BCUT2D eigenvalue weighted by Crippen LogP contribution is -2.22. The van der Waals surface area contributed by atoms with Crippen LogP contribution in [0.1, 0.15) is 16.7 Å². The fourth-order valence-corrected chi connectivity index (χ4v) is 2.22. The van der Waals surface area contributed by atoms with E-state index in [1.165, 1.54) is 0 Å². The summed E-state index contributed by atoms with van der Waals surface area (Å²) in [7, 11) is 1.62. The molecule has 0 aliphatic carbocycles. The highest BCUT2D eigenvalue weighted by Crippen LogP contribution is 2.25. The second kappa shape index (κ2) is 6.98. The van der Waals surface area contributed by atoms with Gasteiger partial charge in [-0.1, -0.05) is 18.2 Å². The smallest absolute Gasteiger partial charge is 0.243 e. The molecule has 2 aromatic rings. The van der Waals surface area contributed by atoms with Gasteiger partial charge < -0.3 is 15.4 Å². The fraction of sp³-hybridized carbons (Fsp3) is 0.278. The summed E-state index contributed by atoms with van der Waals surface area (Å²) in [5.74, 6) is 0.641. The van der Waals surface area contributed by atoms with Crippen LogP contribution >= 0.6 is 0 Å². The van der Waals surface area contributed by atoms with Crippen LogP contribution in [0.4, 0.5) is 11.4 Å². The molecule has 0 saturated carbocycles. The van der Waals surface area contributed by atoms with Crippen LogP contribution in [0.3, 0.4) is 0 Å². The van der Waals surface area contributed by atoms with Crippen molar-refractivity contribution in [2.45, 2.75) is 20.8 Å². The number of rotatable bonds is 5. The average molecular weight is 298 g/mol. The largest absolute Gasteiger partial charge is 0.495 e. The van der Waals surface area contributed by atoms with Crippen LogP contribution in [-0.2, 0) is 4.79 Å². The Labute approximate surface area is 131 Å². The maximum Gasteiger partial charge on any atom is 0.243 e. The Hall–Kier alpha value is -2.49. The van der Waals surface area contributed by atoms with Crippen molar-refractivity contribution in [3.05, 3.63) is 53.1 Å². The van der Waals surface area contributed by atoms with Gasteiger partial charge >= 0.3 is 0 Å². The maximum absolute atomic E-state index is 12.1. The molecule has 116 valence electrons. The fourth-order valence-electron chi connectivity index (χ4n) is 2.22. The number of anilines is 2. The Balaban J connectivity index is 2.01. The van der Waals surface area contributed by atoms with Gasteiger partial charge in [0, 0.05) is 5.69 Å². The number of methoxy groups -OCH3 is 1. The SMILES string of the molecule is COc1ccc(C)cc1NCC(=O)Nc1cccc(C)c1C. The van der Waals surface area contributed by atoms with Crippen molar-refractivity contribution in [3.63, 3.8) is 0 Å². The first kappa shape index (κ1) is 15.9. The molecule has 1 amide bonds. The summed E-state index contributed by atoms with van der Waals surface area (Å²) in [5, 5.41) is 6.05. The normalized spacial score (nSPS) is 10.2. The van der Waals surface area contributed by atoms with Crippen LogP contribution in [-0.4, -0.2) is 19.6 Å². The summed E-state index contributed by atoms with van der Waals surface area (Å²) in [6, 6.07) is 11.7. The lowest BCUT2D eigenvalue weighted by Gasteiger charge is -2.13. The number of hydrogen-bond donors (Lipinski definition) is 2. The summed E-state index contributed by atoms with van der Waals surface area (Å²) in [6.45, 7) is 6.22. The van der Waals surface area contributed by atoms with Crippen molar-refractivity contribution in [3.8, 4) is 5.75 Å². The average Bonchev–Trinajstić information content (AvgIpc) is 2.50. The Morgan fingerprint density at radius 2 is 1.86 bits per heavy atom. The van der Waals surface area contributed by atoms with Gasteiger partial charge in [0.05, 0.1) is 19.3 Å². The molecule has 0 spiro atoms. The first-order chi connectivity index (χ1) is 10.5. The second-order valence-electron chi connectivity index (χ2n) is 5.35. The zero-order valence-electron chi connectivity index (χ0n) is 13.5. The molecule has 22 heavy (non-hydrogen) atoms. The molecular weight excluding hydrogens is 276 g/mol. The number of ether oxygens (including phenoxy) is 1. The molecular formula is C18H22N2O2. The Kier molecular flexibility index (Phi) is 5.04. The highest BCUT2D eigenvalue weighted by molar-refractivity contribution is 5.94. The third-order valence-corrected chi connectivity index (χ3v) is 3.67. The van der Waals surface area contributed by atoms with Crippen molar-refractivity contribution in [2.75, 3.05) is 24.3 Å². The Bertz CT molecular complexity index is 681. The highest BCUT2D eigenvalue weighted by atomic mass is 16.5. The predicted octanol–water partition coefficient (Wildman–Crippen LogP) is 3.67. The molecule has 0 bridgehead atoms. The molecule has 0 atom stereocenters. The third-order valence-electron chi connectivity index (χ3n) is 3.67. The zero-order valence-corrected chi connectivity index (χ0v) is 13.5. The van der Waals surface area contributed by atoms with Crippen molar-refractivity contribution in [1.29, 1.82) is 0 Å². The van der Waals surface area contributed by atoms with Crippen molar-refractivity contribution in [2.24, 2.45) is 0 Å². The van der Waals surface area contributed by atoms with Crippen LogP contribution < -0.4 is 15.4 Å². The van der Waals surface area contributed by atoms with E-state index in [0.717, 1.165) is 33.8 Å². The molecule has 4 heteroatoms. The molecule has 0 aromatic heterocycles. The summed E-state index contributed by atoms with van der Waals surface area (Å²) in [4.78, 5) is 12.1. The van der Waals surface area contributed by atoms with Gasteiger partial charge in [-0.25, -0.2) is 0 Å². The quantitative estimate of drug-likeness (QED) is 0.885. The van der Waals surface area contributed by atoms with Crippen LogP contribution in [0.15, 0.2) is 36.4 Å². The van der Waals surface area contributed by atoms with E-state index in [2.05, 4.69) is 10.6 Å². The minimum absolute atomic E-state index is 0.0859. The lowest BCUT2D eigenvalue weighted by molar-refractivity contribution is -0.114. The summed E-state index contributed by atoms with van der Waals surface area (Å²) in [6.07, 6.45) is 0. The maximum atomic E-state index is 12.1. The van der Waals surface area contributed by atoms with E-state index in [1.54, 1.807) is 7.11 Å². The molecule has 0 unspecified atom stereocenters. The molecule has 0 fully saturated rings. The van der Waals surface area contributed by atoms with Crippen LogP contribution in [0, 0.1) is 20.8 Å². The lowest BCUT2D eigenvalue weighted by atomic mass is 10.1. The van der Waals surface area contributed by atoms with E-state index in [-0.39, 0.29) is 12.5 Å². The molecule has 2 rings (SSSR count). The van der Waals surface area contributed by atoms with E-state index < -0.39 is 0 Å². The van der Waals surface area contributed by atoms with Crippen LogP contribution in [0.5, 0.6) is 5.75 Å². The van der Waals surface area contributed by atoms with Gasteiger partial charge in [0.1, 0.15) is 5.75 Å². The van der Waals surface area contributed by atoms with Gasteiger partial charge in [0.2, 0.25) is 5.91 Å². The summed E-state index contributed by atoms with van der Waals surface area (Å²) >= 11 is 0. The molecule has 0 aliphatic heterocycles. The number of benzene rings is 2. The van der Waals surface area contributed by atoms with Crippen LogP contribution in [0.2, 0.25) is 0 Å². The van der Waals surface area contributed by atoms with Crippen molar-refractivity contribution in [1.82, 2.24) is 0 Å². The van der Waals surface area contributed by atoms with E-state index in [1.807, 2.05) is 57.2 Å². The van der Waals surface area contributed by atoms with Gasteiger partial charge in [-0.3, -0.25) is 4.79 Å². The second-order valence-corrected chi connectivity index (χ2v) is 5.35. The highest BCUT2D eigenvalue weighted by Gasteiger charge is 2.08. The van der Waals surface area contributed by atoms with Crippen molar-refractivity contribution < 1.29 is 9.53 Å². The predicted molar refractivity (Wildman–Crippen MR) is 90.8 cm³/mol.